The zero-order chi connectivity index (χ0) is 13.8. The summed E-state index contributed by atoms with van der Waals surface area (Å²) in [4.78, 5) is 27.7. The van der Waals surface area contributed by atoms with Crippen LogP contribution >= 0.6 is 22.6 Å². The van der Waals surface area contributed by atoms with Gasteiger partial charge in [0.2, 0.25) is 0 Å². The van der Waals surface area contributed by atoms with E-state index >= 15 is 0 Å². The van der Waals surface area contributed by atoms with Gasteiger partial charge in [0.15, 0.2) is 5.78 Å². The fourth-order valence-electron chi connectivity index (χ4n) is 1.46. The Kier molecular flexibility index (Phi) is 4.26. The number of hydrogen-bond donors (Lipinski definition) is 0. The molecule has 0 saturated heterocycles. The van der Waals surface area contributed by atoms with Crippen LogP contribution in [0.15, 0.2) is 53.2 Å². The number of allylic oxidation sites excluding steroid dienone is 4. The lowest BCUT2D eigenvalue weighted by molar-refractivity contribution is -0.110. The van der Waals surface area contributed by atoms with Gasteiger partial charge in [0, 0.05) is 3.57 Å². The van der Waals surface area contributed by atoms with E-state index in [0.717, 1.165) is 3.57 Å². The molecule has 1 aliphatic rings. The van der Waals surface area contributed by atoms with Gasteiger partial charge >= 0.3 is 5.97 Å². The van der Waals surface area contributed by atoms with E-state index in [9.17, 15) is 9.59 Å². The molecular formula is C14H10INO3. The molecule has 5 heteroatoms. The summed E-state index contributed by atoms with van der Waals surface area (Å²) in [6.45, 7) is 1.74. The van der Waals surface area contributed by atoms with E-state index in [1.54, 1.807) is 19.1 Å². The molecular weight excluding hydrogens is 357 g/mol. The van der Waals surface area contributed by atoms with Gasteiger partial charge in [-0.25, -0.2) is 4.79 Å². The third-order valence-electron chi connectivity index (χ3n) is 2.48. The summed E-state index contributed by atoms with van der Waals surface area (Å²) >= 11 is 2.15. The Morgan fingerprint density at radius 2 is 1.89 bits per heavy atom. The van der Waals surface area contributed by atoms with Crippen molar-refractivity contribution in [2.24, 2.45) is 5.16 Å². The van der Waals surface area contributed by atoms with Crippen molar-refractivity contribution in [2.75, 3.05) is 0 Å². The number of nitrogens with zero attached hydrogens (tertiary/aromatic N) is 1. The summed E-state index contributed by atoms with van der Waals surface area (Å²) in [5.74, 6) is -0.623. The van der Waals surface area contributed by atoms with E-state index in [1.165, 1.54) is 18.2 Å². The Balaban J connectivity index is 2.08. The Labute approximate surface area is 124 Å². The van der Waals surface area contributed by atoms with Crippen LogP contribution in [0.2, 0.25) is 0 Å². The molecule has 0 radical (unpaired) electrons. The van der Waals surface area contributed by atoms with Gasteiger partial charge in [-0.05, 0) is 77.6 Å². The Hall–Kier alpha value is -1.76. The molecule has 0 bridgehead atoms. The van der Waals surface area contributed by atoms with E-state index in [2.05, 4.69) is 27.7 Å². The number of carbonyl (C=O) groups is 2. The smallest absolute Gasteiger partial charge is 0.312 e. The lowest BCUT2D eigenvalue weighted by atomic mass is 10.1. The molecule has 0 aliphatic heterocycles. The summed E-state index contributed by atoms with van der Waals surface area (Å²) in [5.41, 5.74) is 1.57. The second-order valence-corrected chi connectivity index (χ2v) is 5.17. The van der Waals surface area contributed by atoms with E-state index in [1.807, 2.05) is 12.1 Å². The first-order chi connectivity index (χ1) is 9.06. The van der Waals surface area contributed by atoms with Crippen LogP contribution in [0, 0.1) is 3.57 Å². The summed E-state index contributed by atoms with van der Waals surface area (Å²) in [6.07, 6.45) is 4.35. The molecule has 1 aromatic rings. The lowest BCUT2D eigenvalue weighted by Gasteiger charge is -2.05. The molecule has 0 unspecified atom stereocenters. The lowest BCUT2D eigenvalue weighted by Crippen LogP contribution is -2.08. The van der Waals surface area contributed by atoms with Gasteiger partial charge in [0.25, 0.3) is 0 Å². The predicted molar refractivity (Wildman–Crippen MR) is 79.9 cm³/mol. The number of halogens is 1. The third kappa shape index (κ3) is 3.60. The van der Waals surface area contributed by atoms with Crippen molar-refractivity contribution in [2.45, 2.75) is 6.92 Å². The molecule has 19 heavy (non-hydrogen) atoms. The molecule has 0 aromatic heterocycles. The van der Waals surface area contributed by atoms with Gasteiger partial charge < -0.3 is 4.84 Å². The molecule has 0 spiro atoms. The molecule has 0 N–H and O–H groups in total. The Bertz CT molecular complexity index is 612. The molecule has 0 saturated carbocycles. The largest absolute Gasteiger partial charge is 0.365 e. The van der Waals surface area contributed by atoms with Gasteiger partial charge in [0.1, 0.15) is 5.71 Å². The maximum atomic E-state index is 11.7. The van der Waals surface area contributed by atoms with E-state index in [0.29, 0.717) is 16.8 Å². The van der Waals surface area contributed by atoms with Crippen LogP contribution in [0.25, 0.3) is 0 Å². The van der Waals surface area contributed by atoms with Crippen LogP contribution < -0.4 is 0 Å². The Morgan fingerprint density at radius 3 is 2.53 bits per heavy atom. The number of hydrogen-bond acceptors (Lipinski definition) is 4. The number of benzene rings is 1. The zero-order valence-electron chi connectivity index (χ0n) is 10.1. The van der Waals surface area contributed by atoms with Gasteiger partial charge in [-0.15, -0.1) is 0 Å². The van der Waals surface area contributed by atoms with Crippen LogP contribution in [-0.2, 0) is 9.63 Å². The molecule has 0 amide bonds. The average molecular weight is 367 g/mol. The van der Waals surface area contributed by atoms with Gasteiger partial charge in [0.05, 0.1) is 5.56 Å². The van der Waals surface area contributed by atoms with Gasteiger partial charge in [-0.1, -0.05) is 5.16 Å². The topological polar surface area (TPSA) is 55.7 Å². The molecule has 0 fully saturated rings. The highest BCUT2D eigenvalue weighted by Crippen LogP contribution is 2.10. The van der Waals surface area contributed by atoms with E-state index in [-0.39, 0.29) is 5.78 Å². The number of ketones is 1. The van der Waals surface area contributed by atoms with Crippen LogP contribution in [0.5, 0.6) is 0 Å². The van der Waals surface area contributed by atoms with Crippen LogP contribution in [-0.4, -0.2) is 17.5 Å². The van der Waals surface area contributed by atoms with Crippen molar-refractivity contribution in [1.29, 1.82) is 0 Å². The number of rotatable bonds is 2. The standard InChI is InChI=1S/C14H10INO3/c1-9-8-12(17)6-7-13(9)16-19-14(18)10-2-4-11(15)5-3-10/h2-8H,1H3/b16-13+. The van der Waals surface area contributed by atoms with E-state index < -0.39 is 5.97 Å². The monoisotopic (exact) mass is 367 g/mol. The molecule has 4 nitrogen and oxygen atoms in total. The van der Waals surface area contributed by atoms with Crippen molar-refractivity contribution in [3.8, 4) is 0 Å². The summed E-state index contributed by atoms with van der Waals surface area (Å²) < 4.78 is 1.04. The highest BCUT2D eigenvalue weighted by Gasteiger charge is 2.10. The van der Waals surface area contributed by atoms with Crippen LogP contribution in [0.1, 0.15) is 17.3 Å². The fourth-order valence-corrected chi connectivity index (χ4v) is 1.82. The molecule has 1 aromatic carbocycles. The number of carbonyl (C=O) groups excluding carboxylic acids is 2. The maximum Gasteiger partial charge on any atom is 0.365 e. The molecule has 1 aliphatic carbocycles. The molecule has 2 rings (SSSR count). The van der Waals surface area contributed by atoms with Gasteiger partial charge in [-0.2, -0.15) is 0 Å². The maximum absolute atomic E-state index is 11.7. The van der Waals surface area contributed by atoms with Crippen molar-refractivity contribution >= 4 is 40.1 Å². The average Bonchev–Trinajstić information content (AvgIpc) is 2.38. The minimum absolute atomic E-state index is 0.0968. The van der Waals surface area contributed by atoms with E-state index in [4.69, 9.17) is 4.84 Å². The summed E-state index contributed by atoms with van der Waals surface area (Å²) in [5, 5.41) is 3.76. The molecule has 0 atom stereocenters. The minimum Gasteiger partial charge on any atom is -0.312 e. The molecule has 0 heterocycles. The first-order valence-corrected chi connectivity index (χ1v) is 6.60. The normalized spacial score (nSPS) is 16.4. The first kappa shape index (κ1) is 13.7. The summed E-state index contributed by atoms with van der Waals surface area (Å²) in [7, 11) is 0. The quantitative estimate of drug-likeness (QED) is 0.350. The predicted octanol–water partition coefficient (Wildman–Crippen LogP) is 2.89. The second kappa shape index (κ2) is 5.92. The zero-order valence-corrected chi connectivity index (χ0v) is 12.2. The van der Waals surface area contributed by atoms with Crippen molar-refractivity contribution < 1.29 is 14.4 Å². The Morgan fingerprint density at radius 1 is 1.21 bits per heavy atom. The molecule has 96 valence electrons. The van der Waals surface area contributed by atoms with Crippen molar-refractivity contribution in [3.05, 3.63) is 57.2 Å². The van der Waals surface area contributed by atoms with Gasteiger partial charge in [-0.3, -0.25) is 4.79 Å². The highest BCUT2D eigenvalue weighted by atomic mass is 127. The second-order valence-electron chi connectivity index (χ2n) is 3.93. The third-order valence-corrected chi connectivity index (χ3v) is 3.19. The first-order valence-electron chi connectivity index (χ1n) is 5.52. The highest BCUT2D eigenvalue weighted by molar-refractivity contribution is 14.1. The SMILES string of the molecule is CC1=CC(=O)C=C/C1=N\OC(=O)c1ccc(I)cc1. The number of oxime groups is 1. The van der Waals surface area contributed by atoms with Crippen molar-refractivity contribution in [3.63, 3.8) is 0 Å². The minimum atomic E-state index is -0.526. The van der Waals surface area contributed by atoms with Crippen LogP contribution in [0.3, 0.4) is 0 Å². The fraction of sp³-hybridized carbons (Fsp3) is 0.0714. The van der Waals surface area contributed by atoms with Crippen LogP contribution in [0.4, 0.5) is 0 Å². The summed E-state index contributed by atoms with van der Waals surface area (Å²) in [6, 6.07) is 6.98. The van der Waals surface area contributed by atoms with Crippen molar-refractivity contribution in [1.82, 2.24) is 0 Å².